The second-order valence-corrected chi connectivity index (χ2v) is 4.56. The summed E-state index contributed by atoms with van der Waals surface area (Å²) in [5.74, 6) is 0.187. The van der Waals surface area contributed by atoms with E-state index in [1.165, 1.54) is 36.1 Å². The van der Waals surface area contributed by atoms with E-state index in [0.717, 1.165) is 0 Å². The number of nitrogens with zero attached hydrogens (tertiary/aromatic N) is 3. The molecule has 3 aromatic rings. The molecule has 0 saturated heterocycles. The van der Waals surface area contributed by atoms with Gasteiger partial charge in [0.1, 0.15) is 17.1 Å². The number of aromatic nitrogens is 3. The summed E-state index contributed by atoms with van der Waals surface area (Å²) in [6, 6.07) is 5.98. The lowest BCUT2D eigenvalue weighted by molar-refractivity contribution is 0.413. The summed E-state index contributed by atoms with van der Waals surface area (Å²) in [5.41, 5.74) is 7.01. The summed E-state index contributed by atoms with van der Waals surface area (Å²) >= 11 is 5.86. The van der Waals surface area contributed by atoms with Gasteiger partial charge in [0, 0.05) is 12.3 Å². The van der Waals surface area contributed by atoms with Gasteiger partial charge in [0.2, 0.25) is 5.95 Å². The molecule has 0 saturated carbocycles. The molecule has 2 aromatic heterocycles. The average Bonchev–Trinajstić information content (AvgIpc) is 2.74. The number of rotatable bonds is 2. The number of nitrogen functional groups attached to an aromatic ring is 1. The highest BCUT2D eigenvalue weighted by Gasteiger charge is 2.15. The summed E-state index contributed by atoms with van der Waals surface area (Å²) in [6.45, 7) is 0. The quantitative estimate of drug-likeness (QED) is 0.789. The maximum Gasteiger partial charge on any atom is 0.207 e. The molecule has 0 aliphatic rings. The molecule has 5 nitrogen and oxygen atoms in total. The number of methoxy groups -OCH3 is 1. The summed E-state index contributed by atoms with van der Waals surface area (Å²) in [5, 5.41) is 0.438. The highest BCUT2D eigenvalue weighted by molar-refractivity contribution is 6.31. The van der Waals surface area contributed by atoms with Gasteiger partial charge in [0.05, 0.1) is 17.8 Å². The van der Waals surface area contributed by atoms with E-state index in [1.54, 1.807) is 6.07 Å². The third-order valence-electron chi connectivity index (χ3n) is 2.88. The van der Waals surface area contributed by atoms with E-state index in [0.29, 0.717) is 21.9 Å². The number of imidazole rings is 1. The molecule has 20 heavy (non-hydrogen) atoms. The first-order valence-corrected chi connectivity index (χ1v) is 6.11. The van der Waals surface area contributed by atoms with Crippen LogP contribution in [-0.4, -0.2) is 21.6 Å². The van der Waals surface area contributed by atoms with Crippen molar-refractivity contribution in [2.75, 3.05) is 12.8 Å². The molecule has 2 heterocycles. The van der Waals surface area contributed by atoms with Crippen molar-refractivity contribution >= 4 is 28.7 Å². The molecule has 0 fully saturated rings. The number of hydrogen-bond acceptors (Lipinski definition) is 4. The predicted octanol–water partition coefficient (Wildman–Crippen LogP) is 2.80. The van der Waals surface area contributed by atoms with Crippen molar-refractivity contribution in [3.8, 4) is 11.4 Å². The molecule has 0 aliphatic carbocycles. The van der Waals surface area contributed by atoms with Crippen molar-refractivity contribution in [1.82, 2.24) is 14.5 Å². The first kappa shape index (κ1) is 12.7. The minimum Gasteiger partial charge on any atom is -0.497 e. The van der Waals surface area contributed by atoms with Crippen LogP contribution in [0.3, 0.4) is 0 Å². The Labute approximate surface area is 118 Å². The van der Waals surface area contributed by atoms with Gasteiger partial charge in [-0.05, 0) is 18.2 Å². The van der Waals surface area contributed by atoms with E-state index in [9.17, 15) is 4.39 Å². The fourth-order valence-electron chi connectivity index (χ4n) is 1.99. The second-order valence-electron chi connectivity index (χ2n) is 4.12. The van der Waals surface area contributed by atoms with Gasteiger partial charge in [-0.15, -0.1) is 0 Å². The monoisotopic (exact) mass is 292 g/mol. The van der Waals surface area contributed by atoms with Crippen LogP contribution in [0, 0.1) is 5.82 Å². The zero-order valence-electron chi connectivity index (χ0n) is 10.5. The first-order valence-electron chi connectivity index (χ1n) is 5.73. The van der Waals surface area contributed by atoms with E-state index in [4.69, 9.17) is 22.1 Å². The third kappa shape index (κ3) is 1.94. The highest BCUT2D eigenvalue weighted by Crippen LogP contribution is 2.27. The first-order chi connectivity index (χ1) is 9.60. The molecule has 2 N–H and O–H groups in total. The molecule has 0 atom stereocenters. The molecule has 0 bridgehead atoms. The molecule has 0 radical (unpaired) electrons. The summed E-state index contributed by atoms with van der Waals surface area (Å²) in [7, 11) is 1.50. The van der Waals surface area contributed by atoms with Crippen molar-refractivity contribution < 1.29 is 9.13 Å². The van der Waals surface area contributed by atoms with Crippen molar-refractivity contribution in [3.63, 3.8) is 0 Å². The molecule has 1 aromatic carbocycles. The predicted molar refractivity (Wildman–Crippen MR) is 74.8 cm³/mol. The lowest BCUT2D eigenvalue weighted by Gasteiger charge is -2.09. The zero-order chi connectivity index (χ0) is 14.3. The molecular weight excluding hydrogens is 283 g/mol. The zero-order valence-corrected chi connectivity index (χ0v) is 11.2. The van der Waals surface area contributed by atoms with Gasteiger partial charge in [-0.2, -0.15) is 0 Å². The molecule has 0 unspecified atom stereocenters. The highest BCUT2D eigenvalue weighted by atomic mass is 35.5. The average molecular weight is 293 g/mol. The van der Waals surface area contributed by atoms with Gasteiger partial charge in [-0.1, -0.05) is 11.6 Å². The van der Waals surface area contributed by atoms with Crippen LogP contribution in [0.15, 0.2) is 30.5 Å². The molecular formula is C13H10ClFN4O. The Morgan fingerprint density at radius 2 is 2.15 bits per heavy atom. The van der Waals surface area contributed by atoms with E-state index in [1.807, 2.05) is 0 Å². The maximum atomic E-state index is 14.0. The second kappa shape index (κ2) is 4.64. The Bertz CT molecular complexity index is 802. The standard InChI is InChI=1S/C13H10ClFN4O/c1-20-8-2-3-9(15)11(5-8)19-12-10(18-13(19)16)4-7(14)6-17-12/h2-6H,1H3,(H2,16,18). The SMILES string of the molecule is COc1ccc(F)c(-n2c(N)nc3cc(Cl)cnc32)c1. The summed E-state index contributed by atoms with van der Waals surface area (Å²) in [4.78, 5) is 8.29. The van der Waals surface area contributed by atoms with Crippen molar-refractivity contribution in [2.24, 2.45) is 0 Å². The van der Waals surface area contributed by atoms with Crippen LogP contribution in [0.1, 0.15) is 0 Å². The lowest BCUT2D eigenvalue weighted by Crippen LogP contribution is -2.04. The Kier molecular flexibility index (Phi) is 2.94. The molecule has 7 heteroatoms. The van der Waals surface area contributed by atoms with E-state index < -0.39 is 5.82 Å². The van der Waals surface area contributed by atoms with Gasteiger partial charge in [0.25, 0.3) is 0 Å². The normalized spacial score (nSPS) is 10.9. The van der Waals surface area contributed by atoms with Gasteiger partial charge >= 0.3 is 0 Å². The van der Waals surface area contributed by atoms with Crippen molar-refractivity contribution in [2.45, 2.75) is 0 Å². The topological polar surface area (TPSA) is 66.0 Å². The Morgan fingerprint density at radius 3 is 2.90 bits per heavy atom. The van der Waals surface area contributed by atoms with Crippen LogP contribution in [0.5, 0.6) is 5.75 Å². The van der Waals surface area contributed by atoms with Crippen LogP contribution >= 0.6 is 11.6 Å². The van der Waals surface area contributed by atoms with Crippen molar-refractivity contribution in [1.29, 1.82) is 0 Å². The van der Waals surface area contributed by atoms with E-state index >= 15 is 0 Å². The Hall–Kier alpha value is -2.34. The molecule has 3 rings (SSSR count). The number of ether oxygens (including phenoxy) is 1. The van der Waals surface area contributed by atoms with Crippen molar-refractivity contribution in [3.05, 3.63) is 41.3 Å². The van der Waals surface area contributed by atoms with Crippen LogP contribution in [-0.2, 0) is 0 Å². The molecule has 0 aliphatic heterocycles. The summed E-state index contributed by atoms with van der Waals surface area (Å²) < 4.78 is 20.6. The van der Waals surface area contributed by atoms with Crippen LogP contribution in [0.2, 0.25) is 5.02 Å². The molecule has 0 amide bonds. The maximum absolute atomic E-state index is 14.0. The van der Waals surface area contributed by atoms with Crippen LogP contribution < -0.4 is 10.5 Å². The number of halogens is 2. The Balaban J connectivity index is 2.31. The number of anilines is 1. The number of pyridine rings is 1. The van der Waals surface area contributed by atoms with Gasteiger partial charge < -0.3 is 10.5 Å². The third-order valence-corrected chi connectivity index (χ3v) is 3.09. The number of nitrogens with two attached hydrogens (primary N) is 1. The fraction of sp³-hybridized carbons (Fsp3) is 0.0769. The van der Waals surface area contributed by atoms with Gasteiger partial charge in [-0.25, -0.2) is 14.4 Å². The van der Waals surface area contributed by atoms with Gasteiger partial charge in [0.15, 0.2) is 5.65 Å². The lowest BCUT2D eigenvalue weighted by atomic mass is 10.3. The largest absolute Gasteiger partial charge is 0.497 e. The van der Waals surface area contributed by atoms with Crippen LogP contribution in [0.25, 0.3) is 16.9 Å². The number of hydrogen-bond donors (Lipinski definition) is 1. The molecule has 102 valence electrons. The molecule has 0 spiro atoms. The van der Waals surface area contributed by atoms with E-state index in [-0.39, 0.29) is 11.6 Å². The Morgan fingerprint density at radius 1 is 1.35 bits per heavy atom. The fourth-order valence-corrected chi connectivity index (χ4v) is 2.14. The number of fused-ring (bicyclic) bond motifs is 1. The number of benzene rings is 1. The van der Waals surface area contributed by atoms with E-state index in [2.05, 4.69) is 9.97 Å². The minimum absolute atomic E-state index is 0.127. The smallest absolute Gasteiger partial charge is 0.207 e. The van der Waals surface area contributed by atoms with Gasteiger partial charge in [-0.3, -0.25) is 4.57 Å². The minimum atomic E-state index is -0.450. The summed E-state index contributed by atoms with van der Waals surface area (Å²) in [6.07, 6.45) is 1.46. The van der Waals surface area contributed by atoms with Crippen LogP contribution in [0.4, 0.5) is 10.3 Å².